The first-order chi connectivity index (χ1) is 19.7. The van der Waals surface area contributed by atoms with E-state index < -0.39 is 35.7 Å². The largest absolute Gasteiger partial charge is 0.390 e. The Kier molecular flexibility index (Phi) is 12.9. The zero-order chi connectivity index (χ0) is 29.8. The zero-order valence-electron chi connectivity index (χ0n) is 24.2. The fraction of sp³-hybridized carbons (Fsp3) is 0.500. The number of aliphatic hydroxyl groups excluding tert-OH is 1. The van der Waals surface area contributed by atoms with E-state index in [4.69, 9.17) is 4.74 Å². The number of ether oxygens (including phenoxy) is 1. The van der Waals surface area contributed by atoms with E-state index in [1.54, 1.807) is 7.05 Å². The molecular formula is C32H43F2N3O4. The first-order valence-electron chi connectivity index (χ1n) is 14.4. The van der Waals surface area contributed by atoms with Gasteiger partial charge in [0.15, 0.2) is 0 Å². The molecule has 7 nitrogen and oxygen atoms in total. The van der Waals surface area contributed by atoms with Crippen LogP contribution in [0.2, 0.25) is 0 Å². The summed E-state index contributed by atoms with van der Waals surface area (Å²) in [5, 5.41) is 17.5. The Morgan fingerprint density at radius 3 is 2.54 bits per heavy atom. The van der Waals surface area contributed by atoms with Gasteiger partial charge >= 0.3 is 0 Å². The van der Waals surface area contributed by atoms with Gasteiger partial charge in [0.05, 0.1) is 31.4 Å². The van der Waals surface area contributed by atoms with Gasteiger partial charge in [-0.15, -0.1) is 0 Å². The Morgan fingerprint density at radius 1 is 1.15 bits per heavy atom. The van der Waals surface area contributed by atoms with Crippen molar-refractivity contribution in [1.82, 2.24) is 15.5 Å². The molecule has 5 atom stereocenters. The number of unbranched alkanes of at least 4 members (excludes halogenated alkanes) is 1. The predicted octanol–water partition coefficient (Wildman–Crippen LogP) is 4.31. The fourth-order valence-corrected chi connectivity index (χ4v) is 5.03. The molecule has 2 aromatic carbocycles. The Hall–Kier alpha value is -3.14. The molecule has 9 heteroatoms. The van der Waals surface area contributed by atoms with Gasteiger partial charge < -0.3 is 25.4 Å². The minimum Gasteiger partial charge on any atom is -0.390 e. The number of β-amino-alcohol motifs (C(OH)–C–C–N with tert-alkyl or cyclic N) is 1. The van der Waals surface area contributed by atoms with E-state index in [1.165, 1.54) is 17.0 Å². The molecule has 0 unspecified atom stereocenters. The van der Waals surface area contributed by atoms with Crippen molar-refractivity contribution >= 4 is 11.8 Å². The molecule has 0 fully saturated rings. The van der Waals surface area contributed by atoms with Crippen molar-refractivity contribution in [2.45, 2.75) is 70.2 Å². The molecule has 0 radical (unpaired) electrons. The lowest BCUT2D eigenvalue weighted by molar-refractivity contribution is -0.142. The molecular weight excluding hydrogens is 528 g/mol. The highest BCUT2D eigenvalue weighted by molar-refractivity contribution is 5.88. The SMILES string of the molecule is CCCC[C@H](C)C(=O)N(C)[C@H]1CC=CCOC[C@@H](c2ccccc2)NC[C@@H](O)[C@H](Cc2cc(F)cc(F)c2)NC1=O. The highest BCUT2D eigenvalue weighted by Crippen LogP contribution is 2.18. The van der Waals surface area contributed by atoms with Gasteiger partial charge in [0.25, 0.3) is 0 Å². The number of amides is 2. The van der Waals surface area contributed by atoms with Gasteiger partial charge in [-0.25, -0.2) is 8.78 Å². The van der Waals surface area contributed by atoms with E-state index in [-0.39, 0.29) is 37.3 Å². The summed E-state index contributed by atoms with van der Waals surface area (Å²) in [6.07, 6.45) is 5.36. The van der Waals surface area contributed by atoms with E-state index >= 15 is 0 Å². The van der Waals surface area contributed by atoms with Crippen molar-refractivity contribution in [3.05, 3.63) is 83.4 Å². The maximum absolute atomic E-state index is 14.0. The Morgan fingerprint density at radius 2 is 1.85 bits per heavy atom. The van der Waals surface area contributed by atoms with Crippen LogP contribution in [0, 0.1) is 17.6 Å². The number of nitrogens with one attached hydrogen (secondary N) is 2. The van der Waals surface area contributed by atoms with Gasteiger partial charge in [0.1, 0.15) is 17.7 Å². The van der Waals surface area contributed by atoms with Crippen molar-refractivity contribution in [2.24, 2.45) is 5.92 Å². The maximum atomic E-state index is 14.0. The van der Waals surface area contributed by atoms with Crippen LogP contribution in [0.25, 0.3) is 0 Å². The van der Waals surface area contributed by atoms with Crippen LogP contribution in [0.4, 0.5) is 8.78 Å². The number of rotatable bonds is 8. The van der Waals surface area contributed by atoms with Crippen LogP contribution in [0.5, 0.6) is 0 Å². The summed E-state index contributed by atoms with van der Waals surface area (Å²) in [4.78, 5) is 28.3. The molecule has 2 amide bonds. The first kappa shape index (κ1) is 32.4. The van der Waals surface area contributed by atoms with Crippen LogP contribution in [-0.4, -0.2) is 66.8 Å². The Bertz CT molecular complexity index is 1130. The lowest BCUT2D eigenvalue weighted by atomic mass is 9.98. The van der Waals surface area contributed by atoms with E-state index in [2.05, 4.69) is 17.6 Å². The monoisotopic (exact) mass is 571 g/mol. The third-order valence-corrected chi connectivity index (χ3v) is 7.50. The number of aliphatic hydroxyl groups is 1. The molecule has 1 aliphatic rings. The summed E-state index contributed by atoms with van der Waals surface area (Å²) < 4.78 is 33.9. The standard InChI is InChI=1S/C32H43F2N3O4/c1-4-5-11-22(2)32(40)37(3)29-14-9-10-15-41-21-28(24-12-7-6-8-13-24)35-20-30(38)27(36-31(29)39)18-23-16-25(33)19-26(34)17-23/h6-10,12-13,16-17,19,22,27-30,35,38H,4-5,11,14-15,18,20-21H2,1-3H3,(H,36,39)/t22-,27-,28-,29-,30+/m0/s1. The molecule has 1 aliphatic heterocycles. The number of benzene rings is 2. The van der Waals surface area contributed by atoms with Crippen molar-refractivity contribution in [3.8, 4) is 0 Å². The number of carbonyl (C=O) groups is 2. The number of hydrogen-bond acceptors (Lipinski definition) is 5. The second kappa shape index (κ2) is 16.3. The van der Waals surface area contributed by atoms with E-state index in [1.807, 2.05) is 49.4 Å². The molecule has 3 rings (SSSR count). The number of likely N-dealkylation sites (N-methyl/N-ethyl adjacent to an activating group) is 1. The number of nitrogens with zero attached hydrogens (tertiary/aromatic N) is 1. The molecule has 224 valence electrons. The molecule has 0 aliphatic carbocycles. The second-order valence-corrected chi connectivity index (χ2v) is 10.8. The smallest absolute Gasteiger partial charge is 0.243 e. The fourth-order valence-electron chi connectivity index (χ4n) is 5.03. The average Bonchev–Trinajstić information content (AvgIpc) is 2.95. The summed E-state index contributed by atoms with van der Waals surface area (Å²) in [6.45, 7) is 4.66. The van der Waals surface area contributed by atoms with Gasteiger partial charge in [-0.3, -0.25) is 9.59 Å². The number of carbonyl (C=O) groups excluding carboxylic acids is 2. The Labute approximate surface area is 242 Å². The molecule has 0 spiro atoms. The van der Waals surface area contributed by atoms with Crippen LogP contribution >= 0.6 is 0 Å². The van der Waals surface area contributed by atoms with Crippen molar-refractivity contribution in [3.63, 3.8) is 0 Å². The molecule has 0 aromatic heterocycles. The first-order valence-corrected chi connectivity index (χ1v) is 14.4. The molecule has 0 bridgehead atoms. The third kappa shape index (κ3) is 10.0. The minimum atomic E-state index is -1.11. The normalized spacial score (nSPS) is 23.3. The zero-order valence-corrected chi connectivity index (χ0v) is 24.2. The van der Waals surface area contributed by atoms with E-state index in [0.717, 1.165) is 30.9 Å². The van der Waals surface area contributed by atoms with Gasteiger partial charge in [-0.2, -0.15) is 0 Å². The molecule has 2 aromatic rings. The number of halogens is 2. The molecule has 0 saturated heterocycles. The topological polar surface area (TPSA) is 90.9 Å². The van der Waals surface area contributed by atoms with Gasteiger partial charge in [0, 0.05) is 25.6 Å². The van der Waals surface area contributed by atoms with Gasteiger partial charge in [0.2, 0.25) is 11.8 Å². The Balaban J connectivity index is 1.89. The molecule has 1 heterocycles. The minimum absolute atomic E-state index is 0.0110. The lowest BCUT2D eigenvalue weighted by Crippen LogP contribution is -2.55. The summed E-state index contributed by atoms with van der Waals surface area (Å²) in [5.41, 5.74) is 1.27. The summed E-state index contributed by atoms with van der Waals surface area (Å²) in [7, 11) is 1.61. The van der Waals surface area contributed by atoms with Crippen LogP contribution in [0.15, 0.2) is 60.7 Å². The maximum Gasteiger partial charge on any atom is 0.243 e. The second-order valence-electron chi connectivity index (χ2n) is 10.8. The van der Waals surface area contributed by atoms with Gasteiger partial charge in [-0.05, 0) is 42.5 Å². The molecule has 0 saturated carbocycles. The van der Waals surface area contributed by atoms with E-state index in [9.17, 15) is 23.5 Å². The summed E-state index contributed by atoms with van der Waals surface area (Å²) >= 11 is 0. The third-order valence-electron chi connectivity index (χ3n) is 7.50. The average molecular weight is 572 g/mol. The number of hydrogen-bond donors (Lipinski definition) is 3. The summed E-state index contributed by atoms with van der Waals surface area (Å²) in [5.74, 6) is -2.32. The van der Waals surface area contributed by atoms with Crippen LogP contribution < -0.4 is 10.6 Å². The molecule has 41 heavy (non-hydrogen) atoms. The van der Waals surface area contributed by atoms with Crippen molar-refractivity contribution < 1.29 is 28.2 Å². The lowest BCUT2D eigenvalue weighted by Gasteiger charge is -2.32. The van der Waals surface area contributed by atoms with Crippen molar-refractivity contribution in [2.75, 3.05) is 26.8 Å². The van der Waals surface area contributed by atoms with Crippen LogP contribution in [0.3, 0.4) is 0 Å². The highest BCUT2D eigenvalue weighted by Gasteiger charge is 2.32. The predicted molar refractivity (Wildman–Crippen MR) is 155 cm³/mol. The quantitative estimate of drug-likeness (QED) is 0.411. The summed E-state index contributed by atoms with van der Waals surface area (Å²) in [6, 6.07) is 10.9. The van der Waals surface area contributed by atoms with Crippen LogP contribution in [-0.2, 0) is 20.7 Å². The van der Waals surface area contributed by atoms with Crippen molar-refractivity contribution in [1.29, 1.82) is 0 Å². The van der Waals surface area contributed by atoms with E-state index in [0.29, 0.717) is 18.8 Å². The highest BCUT2D eigenvalue weighted by atomic mass is 19.1. The van der Waals surface area contributed by atoms with Crippen LogP contribution in [0.1, 0.15) is 56.7 Å². The van der Waals surface area contributed by atoms with Gasteiger partial charge in [-0.1, -0.05) is 69.2 Å². The molecule has 3 N–H and O–H groups in total.